The topological polar surface area (TPSA) is 54.7 Å². The van der Waals surface area contributed by atoms with E-state index in [1.54, 1.807) is 0 Å². The van der Waals surface area contributed by atoms with E-state index in [2.05, 4.69) is 24.0 Å². The molecule has 0 spiro atoms. The number of aromatic amines is 1. The molecule has 1 heterocycles. The highest BCUT2D eigenvalue weighted by Gasteiger charge is 2.40. The SMILES string of the molecule is CC(N)C1c2c(C3CC3)n[nH]c2CC1C. The third kappa shape index (κ3) is 1.33. The number of nitrogens with two attached hydrogens (primary N) is 1. The van der Waals surface area contributed by atoms with Crippen LogP contribution in [-0.2, 0) is 6.42 Å². The maximum absolute atomic E-state index is 6.11. The predicted molar refractivity (Wildman–Crippen MR) is 59.8 cm³/mol. The zero-order chi connectivity index (χ0) is 10.6. The highest BCUT2D eigenvalue weighted by molar-refractivity contribution is 5.39. The average molecular weight is 205 g/mol. The van der Waals surface area contributed by atoms with E-state index in [9.17, 15) is 0 Å². The molecule has 0 aromatic carbocycles. The Morgan fingerprint density at radius 3 is 2.80 bits per heavy atom. The lowest BCUT2D eigenvalue weighted by Gasteiger charge is -2.21. The van der Waals surface area contributed by atoms with E-state index < -0.39 is 0 Å². The fourth-order valence-corrected chi connectivity index (χ4v) is 3.11. The first kappa shape index (κ1) is 9.40. The Labute approximate surface area is 90.4 Å². The van der Waals surface area contributed by atoms with Gasteiger partial charge in [-0.1, -0.05) is 6.92 Å². The molecule has 1 saturated carbocycles. The van der Waals surface area contributed by atoms with Crippen LogP contribution in [0, 0.1) is 5.92 Å². The van der Waals surface area contributed by atoms with E-state index in [-0.39, 0.29) is 6.04 Å². The minimum Gasteiger partial charge on any atom is -0.327 e. The molecule has 0 saturated heterocycles. The van der Waals surface area contributed by atoms with Crippen molar-refractivity contribution in [2.45, 2.75) is 51.0 Å². The molecule has 1 fully saturated rings. The van der Waals surface area contributed by atoms with Gasteiger partial charge in [0.05, 0.1) is 5.69 Å². The van der Waals surface area contributed by atoms with Crippen molar-refractivity contribution in [3.63, 3.8) is 0 Å². The van der Waals surface area contributed by atoms with Crippen LogP contribution in [0.3, 0.4) is 0 Å². The quantitative estimate of drug-likeness (QED) is 0.775. The molecule has 2 aliphatic carbocycles. The van der Waals surface area contributed by atoms with Crippen LogP contribution < -0.4 is 5.73 Å². The monoisotopic (exact) mass is 205 g/mol. The van der Waals surface area contributed by atoms with Gasteiger partial charge in [-0.05, 0) is 32.1 Å². The highest BCUT2D eigenvalue weighted by Crippen LogP contribution is 2.48. The summed E-state index contributed by atoms with van der Waals surface area (Å²) in [6.45, 7) is 4.43. The molecule has 0 aliphatic heterocycles. The minimum atomic E-state index is 0.247. The average Bonchev–Trinajstić information content (AvgIpc) is 2.83. The van der Waals surface area contributed by atoms with Crippen LogP contribution >= 0.6 is 0 Å². The maximum Gasteiger partial charge on any atom is 0.0691 e. The standard InChI is InChI=1S/C12H19N3/c1-6-5-9-11(10(6)7(2)13)12(15-14-9)8-3-4-8/h6-8,10H,3-5,13H2,1-2H3,(H,14,15). The van der Waals surface area contributed by atoms with Crippen LogP contribution in [0.2, 0.25) is 0 Å². The molecule has 3 unspecified atom stereocenters. The number of hydrogen-bond donors (Lipinski definition) is 2. The van der Waals surface area contributed by atoms with E-state index >= 15 is 0 Å². The Kier molecular flexibility index (Phi) is 1.93. The summed E-state index contributed by atoms with van der Waals surface area (Å²) in [5.74, 6) is 1.93. The molecule has 3 atom stereocenters. The van der Waals surface area contributed by atoms with E-state index in [4.69, 9.17) is 5.73 Å². The number of rotatable bonds is 2. The summed E-state index contributed by atoms with van der Waals surface area (Å²) < 4.78 is 0. The van der Waals surface area contributed by atoms with Crippen molar-refractivity contribution in [2.75, 3.05) is 0 Å². The molecule has 0 amide bonds. The largest absolute Gasteiger partial charge is 0.327 e. The van der Waals surface area contributed by atoms with Crippen LogP contribution in [0.4, 0.5) is 0 Å². The molecule has 1 aromatic rings. The molecule has 0 radical (unpaired) electrons. The molecule has 2 aliphatic rings. The lowest BCUT2D eigenvalue weighted by atomic mass is 9.87. The fourth-order valence-electron chi connectivity index (χ4n) is 3.11. The van der Waals surface area contributed by atoms with Gasteiger partial charge in [0, 0.05) is 29.1 Å². The number of nitrogens with one attached hydrogen (secondary N) is 1. The first-order chi connectivity index (χ1) is 7.18. The summed E-state index contributed by atoms with van der Waals surface area (Å²) in [6.07, 6.45) is 3.76. The van der Waals surface area contributed by atoms with E-state index in [1.165, 1.54) is 29.8 Å². The predicted octanol–water partition coefficient (Wildman–Crippen LogP) is 1.91. The minimum absolute atomic E-state index is 0.247. The van der Waals surface area contributed by atoms with Crippen molar-refractivity contribution < 1.29 is 0 Å². The number of aromatic nitrogens is 2. The summed E-state index contributed by atoms with van der Waals surface area (Å²) in [5.41, 5.74) is 10.3. The third-order valence-corrected chi connectivity index (χ3v) is 3.92. The van der Waals surface area contributed by atoms with E-state index in [0.29, 0.717) is 11.8 Å². The Morgan fingerprint density at radius 2 is 2.20 bits per heavy atom. The number of hydrogen-bond acceptors (Lipinski definition) is 2. The Bertz CT molecular complexity index is 376. The first-order valence-corrected chi connectivity index (χ1v) is 6.01. The van der Waals surface area contributed by atoms with Gasteiger partial charge in [0.1, 0.15) is 0 Å². The second-order valence-electron chi connectivity index (χ2n) is 5.34. The van der Waals surface area contributed by atoms with E-state index in [0.717, 1.165) is 12.3 Å². The summed E-state index contributed by atoms with van der Waals surface area (Å²) in [4.78, 5) is 0. The summed E-state index contributed by atoms with van der Waals surface area (Å²) in [7, 11) is 0. The number of nitrogens with zero attached hydrogens (tertiary/aromatic N) is 1. The zero-order valence-electron chi connectivity index (χ0n) is 9.46. The lowest BCUT2D eigenvalue weighted by Crippen LogP contribution is -2.27. The van der Waals surface area contributed by atoms with Crippen molar-refractivity contribution in [2.24, 2.45) is 11.7 Å². The Morgan fingerprint density at radius 1 is 1.47 bits per heavy atom. The molecule has 3 N–H and O–H groups in total. The second kappa shape index (κ2) is 3.08. The molecular weight excluding hydrogens is 186 g/mol. The molecule has 15 heavy (non-hydrogen) atoms. The van der Waals surface area contributed by atoms with Gasteiger partial charge in [0.2, 0.25) is 0 Å². The van der Waals surface area contributed by atoms with Crippen LogP contribution in [0.5, 0.6) is 0 Å². The van der Waals surface area contributed by atoms with Gasteiger partial charge in [-0.25, -0.2) is 0 Å². The Hall–Kier alpha value is -0.830. The molecule has 3 rings (SSSR count). The molecular formula is C12H19N3. The van der Waals surface area contributed by atoms with E-state index in [1.807, 2.05) is 0 Å². The highest BCUT2D eigenvalue weighted by atomic mass is 15.1. The second-order valence-corrected chi connectivity index (χ2v) is 5.34. The summed E-state index contributed by atoms with van der Waals surface area (Å²) in [6, 6.07) is 0.247. The fraction of sp³-hybridized carbons (Fsp3) is 0.750. The number of fused-ring (bicyclic) bond motifs is 1. The van der Waals surface area contributed by atoms with Crippen molar-refractivity contribution in [1.29, 1.82) is 0 Å². The van der Waals surface area contributed by atoms with Gasteiger partial charge in [0.25, 0.3) is 0 Å². The van der Waals surface area contributed by atoms with Crippen molar-refractivity contribution in [3.05, 3.63) is 17.0 Å². The maximum atomic E-state index is 6.11. The molecule has 3 heteroatoms. The molecule has 82 valence electrons. The van der Waals surface area contributed by atoms with Gasteiger partial charge in [-0.2, -0.15) is 5.10 Å². The van der Waals surface area contributed by atoms with Crippen LogP contribution in [-0.4, -0.2) is 16.2 Å². The van der Waals surface area contributed by atoms with Crippen molar-refractivity contribution in [1.82, 2.24) is 10.2 Å². The normalized spacial score (nSPS) is 31.7. The number of H-pyrrole nitrogens is 1. The van der Waals surface area contributed by atoms with Crippen LogP contribution in [0.1, 0.15) is 55.5 Å². The molecule has 1 aromatic heterocycles. The van der Waals surface area contributed by atoms with Crippen molar-refractivity contribution >= 4 is 0 Å². The zero-order valence-corrected chi connectivity index (χ0v) is 9.46. The summed E-state index contributed by atoms with van der Waals surface area (Å²) >= 11 is 0. The Balaban J connectivity index is 2.03. The van der Waals surface area contributed by atoms with Gasteiger partial charge < -0.3 is 5.73 Å². The summed E-state index contributed by atoms with van der Waals surface area (Å²) in [5, 5.41) is 7.70. The lowest BCUT2D eigenvalue weighted by molar-refractivity contribution is 0.434. The van der Waals surface area contributed by atoms with Gasteiger partial charge in [-0.3, -0.25) is 5.10 Å². The molecule has 3 nitrogen and oxygen atoms in total. The van der Waals surface area contributed by atoms with Gasteiger partial charge >= 0.3 is 0 Å². The smallest absolute Gasteiger partial charge is 0.0691 e. The third-order valence-electron chi connectivity index (χ3n) is 3.92. The molecule has 0 bridgehead atoms. The van der Waals surface area contributed by atoms with Crippen LogP contribution in [0.15, 0.2) is 0 Å². The van der Waals surface area contributed by atoms with Gasteiger partial charge in [-0.15, -0.1) is 0 Å². The van der Waals surface area contributed by atoms with Gasteiger partial charge in [0.15, 0.2) is 0 Å². The van der Waals surface area contributed by atoms with Crippen LogP contribution in [0.25, 0.3) is 0 Å². The first-order valence-electron chi connectivity index (χ1n) is 6.01. The van der Waals surface area contributed by atoms with Crippen molar-refractivity contribution in [3.8, 4) is 0 Å².